The van der Waals surface area contributed by atoms with Gasteiger partial charge in [0.2, 0.25) is 0 Å². The zero-order valence-electron chi connectivity index (χ0n) is 8.12. The van der Waals surface area contributed by atoms with Gasteiger partial charge in [0.25, 0.3) is 0 Å². The summed E-state index contributed by atoms with van der Waals surface area (Å²) in [6.45, 7) is 0. The number of hydrogen-bond acceptors (Lipinski definition) is 4. The van der Waals surface area contributed by atoms with Crippen LogP contribution in [0.4, 0.5) is 15.4 Å². The van der Waals surface area contributed by atoms with Crippen molar-refractivity contribution in [2.45, 2.75) is 0 Å². The molecule has 2 amide bonds. The van der Waals surface area contributed by atoms with Crippen molar-refractivity contribution in [1.82, 2.24) is 4.98 Å². The number of halogens is 1. The van der Waals surface area contributed by atoms with Gasteiger partial charge in [-0.25, -0.2) is 14.6 Å². The van der Waals surface area contributed by atoms with Crippen LogP contribution in [0.5, 0.6) is 0 Å². The molecule has 0 saturated carbocycles. The van der Waals surface area contributed by atoms with Gasteiger partial charge in [-0.2, -0.15) is 4.90 Å². The summed E-state index contributed by atoms with van der Waals surface area (Å²) in [7, 11) is 0. The van der Waals surface area contributed by atoms with E-state index in [4.69, 9.17) is 26.2 Å². The molecule has 2 aromatic rings. The van der Waals surface area contributed by atoms with Crippen LogP contribution in [-0.4, -0.2) is 27.4 Å². The fourth-order valence-corrected chi connectivity index (χ4v) is 1.54. The second kappa shape index (κ2) is 3.95. The molecular weight excluding hydrogens is 252 g/mol. The Bertz CT molecular complexity index is 594. The SMILES string of the molecule is O=C(O)N(C(=O)O)c1nccc2cc(Cl)oc12. The van der Waals surface area contributed by atoms with E-state index in [2.05, 4.69) is 4.98 Å². The maximum Gasteiger partial charge on any atom is 0.422 e. The number of anilines is 1. The van der Waals surface area contributed by atoms with Gasteiger partial charge < -0.3 is 14.6 Å². The van der Waals surface area contributed by atoms with Crippen molar-refractivity contribution in [3.05, 3.63) is 23.5 Å². The van der Waals surface area contributed by atoms with Crippen molar-refractivity contribution < 1.29 is 24.2 Å². The molecule has 0 spiro atoms. The highest BCUT2D eigenvalue weighted by molar-refractivity contribution is 6.30. The molecule has 0 radical (unpaired) electrons. The van der Waals surface area contributed by atoms with Crippen LogP contribution in [-0.2, 0) is 0 Å². The number of fused-ring (bicyclic) bond motifs is 1. The molecule has 0 atom stereocenters. The summed E-state index contributed by atoms with van der Waals surface area (Å²) < 4.78 is 5.01. The number of aromatic nitrogens is 1. The lowest BCUT2D eigenvalue weighted by Gasteiger charge is -2.11. The Hall–Kier alpha value is -2.28. The lowest BCUT2D eigenvalue weighted by atomic mass is 10.3. The fraction of sp³-hybridized carbons (Fsp3) is 0. The van der Waals surface area contributed by atoms with Gasteiger partial charge in [0.1, 0.15) is 0 Å². The first-order valence-corrected chi connectivity index (χ1v) is 4.68. The molecule has 0 unspecified atom stereocenters. The molecule has 0 fully saturated rings. The maximum absolute atomic E-state index is 10.8. The molecular formula is C9H5ClN2O5. The molecule has 2 heterocycles. The number of nitrogens with zero attached hydrogens (tertiary/aromatic N) is 2. The Morgan fingerprint density at radius 2 is 2.00 bits per heavy atom. The smallest absolute Gasteiger partial charge is 0.422 e. The minimum absolute atomic E-state index is 0.00213. The molecule has 0 aliphatic carbocycles. The van der Waals surface area contributed by atoms with E-state index < -0.39 is 12.2 Å². The predicted molar refractivity (Wildman–Crippen MR) is 57.5 cm³/mol. The van der Waals surface area contributed by atoms with Crippen molar-refractivity contribution in [2.75, 3.05) is 4.90 Å². The number of carbonyl (C=O) groups is 2. The Labute approximate surface area is 98.8 Å². The zero-order valence-corrected chi connectivity index (χ0v) is 8.88. The highest BCUT2D eigenvalue weighted by atomic mass is 35.5. The summed E-state index contributed by atoms with van der Waals surface area (Å²) in [5.41, 5.74) is 0.00213. The van der Waals surface area contributed by atoms with Crippen molar-refractivity contribution in [1.29, 1.82) is 0 Å². The van der Waals surface area contributed by atoms with E-state index in [9.17, 15) is 9.59 Å². The molecule has 2 aromatic heterocycles. The third-order valence-electron chi connectivity index (χ3n) is 1.98. The topological polar surface area (TPSA) is 104 Å². The third kappa shape index (κ3) is 1.87. The summed E-state index contributed by atoms with van der Waals surface area (Å²) in [6, 6.07) is 2.96. The third-order valence-corrected chi connectivity index (χ3v) is 2.17. The Morgan fingerprint density at radius 3 is 2.59 bits per heavy atom. The van der Waals surface area contributed by atoms with Crippen LogP contribution in [0.25, 0.3) is 11.0 Å². The molecule has 0 saturated heterocycles. The summed E-state index contributed by atoms with van der Waals surface area (Å²) >= 11 is 5.61. The number of pyridine rings is 1. The van der Waals surface area contributed by atoms with E-state index in [-0.39, 0.29) is 21.5 Å². The van der Waals surface area contributed by atoms with Gasteiger partial charge in [-0.1, -0.05) is 0 Å². The van der Waals surface area contributed by atoms with E-state index in [0.717, 1.165) is 0 Å². The first kappa shape index (κ1) is 11.2. The molecule has 0 aromatic carbocycles. The van der Waals surface area contributed by atoms with Crippen LogP contribution in [0.15, 0.2) is 22.7 Å². The number of furan rings is 1. The van der Waals surface area contributed by atoms with E-state index >= 15 is 0 Å². The highest BCUT2D eigenvalue weighted by Crippen LogP contribution is 2.29. The van der Waals surface area contributed by atoms with Gasteiger partial charge in [0, 0.05) is 17.6 Å². The largest absolute Gasteiger partial charge is 0.464 e. The van der Waals surface area contributed by atoms with Crippen molar-refractivity contribution in [3.63, 3.8) is 0 Å². The fourth-order valence-electron chi connectivity index (χ4n) is 1.34. The molecule has 2 N–H and O–H groups in total. The normalized spacial score (nSPS) is 10.4. The maximum atomic E-state index is 10.8. The van der Waals surface area contributed by atoms with Crippen LogP contribution in [0.3, 0.4) is 0 Å². The molecule has 7 nitrogen and oxygen atoms in total. The first-order valence-electron chi connectivity index (χ1n) is 4.30. The predicted octanol–water partition coefficient (Wildman–Crippen LogP) is 2.64. The van der Waals surface area contributed by atoms with E-state index in [1.807, 2.05) is 0 Å². The number of imide groups is 1. The number of hydrogen-bond donors (Lipinski definition) is 2. The lowest BCUT2D eigenvalue weighted by Crippen LogP contribution is -2.35. The monoisotopic (exact) mass is 256 g/mol. The van der Waals surface area contributed by atoms with Crippen LogP contribution in [0, 0.1) is 0 Å². The van der Waals surface area contributed by atoms with E-state index in [1.165, 1.54) is 18.3 Å². The van der Waals surface area contributed by atoms with Crippen LogP contribution in [0.2, 0.25) is 5.22 Å². The summed E-state index contributed by atoms with van der Waals surface area (Å²) in [6.07, 6.45) is -2.09. The van der Waals surface area contributed by atoms with Crippen molar-refractivity contribution in [3.8, 4) is 0 Å². The molecule has 8 heteroatoms. The number of rotatable bonds is 1. The molecule has 17 heavy (non-hydrogen) atoms. The Morgan fingerprint density at radius 1 is 1.35 bits per heavy atom. The summed E-state index contributed by atoms with van der Waals surface area (Å²) in [5, 5.41) is 18.1. The standard InChI is InChI=1S/C9H5ClN2O5/c10-5-3-4-1-2-11-7(6(4)17-5)12(8(13)14)9(15)16/h1-3H,(H,13,14)(H,15,16). The number of carboxylic acid groups (broad SMARTS) is 2. The summed E-state index contributed by atoms with van der Waals surface area (Å²) in [5.74, 6) is -0.339. The van der Waals surface area contributed by atoms with Gasteiger partial charge >= 0.3 is 12.2 Å². The summed E-state index contributed by atoms with van der Waals surface area (Å²) in [4.78, 5) is 25.4. The van der Waals surface area contributed by atoms with Crippen LogP contribution >= 0.6 is 11.6 Å². The quantitative estimate of drug-likeness (QED) is 0.813. The lowest BCUT2D eigenvalue weighted by molar-refractivity contribution is 0.184. The first-order chi connectivity index (χ1) is 8.00. The van der Waals surface area contributed by atoms with Crippen molar-refractivity contribution >= 4 is 40.6 Å². The molecule has 88 valence electrons. The van der Waals surface area contributed by atoms with Gasteiger partial charge in [0.15, 0.2) is 16.6 Å². The zero-order chi connectivity index (χ0) is 12.6. The average Bonchev–Trinajstić information content (AvgIpc) is 2.58. The Kier molecular flexibility index (Phi) is 2.60. The van der Waals surface area contributed by atoms with Crippen molar-refractivity contribution in [2.24, 2.45) is 0 Å². The molecule has 0 aliphatic rings. The molecule has 0 aliphatic heterocycles. The second-order valence-electron chi connectivity index (χ2n) is 3.00. The van der Waals surface area contributed by atoms with Gasteiger partial charge in [-0.15, -0.1) is 0 Å². The van der Waals surface area contributed by atoms with Gasteiger partial charge in [-0.05, 0) is 17.7 Å². The number of amides is 2. The Balaban J connectivity index is 2.68. The second-order valence-corrected chi connectivity index (χ2v) is 3.38. The highest BCUT2D eigenvalue weighted by Gasteiger charge is 2.27. The minimum atomic E-state index is -1.68. The average molecular weight is 257 g/mol. The van der Waals surface area contributed by atoms with E-state index in [0.29, 0.717) is 5.39 Å². The molecule has 0 bridgehead atoms. The minimum Gasteiger partial charge on any atom is -0.464 e. The van der Waals surface area contributed by atoms with Crippen LogP contribution < -0.4 is 4.90 Å². The molecule has 2 rings (SSSR count). The van der Waals surface area contributed by atoms with Gasteiger partial charge in [0.05, 0.1) is 0 Å². The van der Waals surface area contributed by atoms with Gasteiger partial charge in [-0.3, -0.25) is 0 Å². The van der Waals surface area contributed by atoms with E-state index in [1.54, 1.807) is 0 Å². The van der Waals surface area contributed by atoms with Crippen LogP contribution in [0.1, 0.15) is 0 Å².